The van der Waals surface area contributed by atoms with Gasteiger partial charge in [0.1, 0.15) is 0 Å². The van der Waals surface area contributed by atoms with Gasteiger partial charge in [0.2, 0.25) is 11.9 Å². The number of nitrogens with zero attached hydrogens (tertiary/aromatic N) is 3. The fraction of sp³-hybridized carbons (Fsp3) is 0.769. The maximum Gasteiger partial charge on any atom is 0.322 e. The minimum Gasteiger partial charge on any atom is -0.467 e. The molecule has 0 aromatic carbocycles. The largest absolute Gasteiger partial charge is 0.467 e. The van der Waals surface area contributed by atoms with E-state index in [1.807, 2.05) is 6.92 Å². The van der Waals surface area contributed by atoms with Crippen molar-refractivity contribution in [1.82, 2.24) is 15.0 Å². The van der Waals surface area contributed by atoms with Gasteiger partial charge in [-0.15, -0.1) is 0 Å². The predicted molar refractivity (Wildman–Crippen MR) is 75.6 cm³/mol. The zero-order valence-corrected chi connectivity index (χ0v) is 11.9. The molecule has 2 unspecified atom stereocenters. The second kappa shape index (κ2) is 6.54. The van der Waals surface area contributed by atoms with Crippen molar-refractivity contribution in [2.45, 2.75) is 45.6 Å². The highest BCUT2D eigenvalue weighted by molar-refractivity contribution is 5.36. The Balaban J connectivity index is 2.07. The topological polar surface area (TPSA) is 72.0 Å². The van der Waals surface area contributed by atoms with Gasteiger partial charge in [-0.2, -0.15) is 15.0 Å². The monoisotopic (exact) mass is 265 g/mol. The quantitative estimate of drug-likeness (QED) is 0.851. The molecule has 106 valence electrons. The molecule has 1 saturated carbocycles. The zero-order chi connectivity index (χ0) is 13.7. The highest BCUT2D eigenvalue weighted by atomic mass is 16.5. The van der Waals surface area contributed by atoms with Crippen molar-refractivity contribution in [3.05, 3.63) is 0 Å². The van der Waals surface area contributed by atoms with Crippen molar-refractivity contribution in [3.8, 4) is 6.01 Å². The van der Waals surface area contributed by atoms with Crippen LogP contribution < -0.4 is 15.4 Å². The third-order valence-electron chi connectivity index (χ3n) is 3.40. The molecule has 2 rings (SSSR count). The lowest BCUT2D eigenvalue weighted by molar-refractivity contribution is 0.355. The molecule has 2 atom stereocenters. The van der Waals surface area contributed by atoms with Gasteiger partial charge in [-0.3, -0.25) is 0 Å². The van der Waals surface area contributed by atoms with E-state index in [9.17, 15) is 0 Å². The van der Waals surface area contributed by atoms with Gasteiger partial charge in [0.25, 0.3) is 0 Å². The summed E-state index contributed by atoms with van der Waals surface area (Å²) in [7, 11) is 1.57. The molecule has 1 aliphatic rings. The average Bonchev–Trinajstić information content (AvgIpc) is 2.39. The highest BCUT2D eigenvalue weighted by Gasteiger charge is 2.20. The van der Waals surface area contributed by atoms with Gasteiger partial charge in [-0.25, -0.2) is 0 Å². The summed E-state index contributed by atoms with van der Waals surface area (Å²) >= 11 is 0. The standard InChI is InChI=1S/C13H23N5O/c1-4-14-11-16-12(18-13(17-11)19-3)15-10-7-5-6-9(2)8-10/h9-10H,4-8H2,1-3H3,(H2,14,15,16,17,18). The van der Waals surface area contributed by atoms with Crippen LogP contribution in [0.15, 0.2) is 0 Å². The Bertz CT molecular complexity index is 412. The maximum absolute atomic E-state index is 5.11. The van der Waals surface area contributed by atoms with E-state index in [0.29, 0.717) is 23.9 Å². The molecule has 0 spiro atoms. The summed E-state index contributed by atoms with van der Waals surface area (Å²) in [4.78, 5) is 12.8. The van der Waals surface area contributed by atoms with Crippen molar-refractivity contribution >= 4 is 11.9 Å². The number of aromatic nitrogens is 3. The number of hydrogen-bond donors (Lipinski definition) is 2. The molecule has 2 N–H and O–H groups in total. The molecule has 0 saturated heterocycles. The molecule has 0 bridgehead atoms. The summed E-state index contributed by atoms with van der Waals surface area (Å²) in [5, 5.41) is 6.49. The minimum absolute atomic E-state index is 0.345. The maximum atomic E-state index is 5.11. The number of ether oxygens (including phenoxy) is 1. The van der Waals surface area contributed by atoms with Gasteiger partial charge >= 0.3 is 6.01 Å². The Morgan fingerprint density at radius 1 is 1.21 bits per heavy atom. The average molecular weight is 265 g/mol. The molecule has 1 fully saturated rings. The van der Waals surface area contributed by atoms with E-state index in [4.69, 9.17) is 4.74 Å². The molecule has 1 heterocycles. The minimum atomic E-state index is 0.345. The number of anilines is 2. The van der Waals surface area contributed by atoms with Gasteiger partial charge in [0, 0.05) is 12.6 Å². The Hall–Kier alpha value is -1.59. The van der Waals surface area contributed by atoms with Crippen molar-refractivity contribution in [2.75, 3.05) is 24.3 Å². The van der Waals surface area contributed by atoms with Crippen molar-refractivity contribution in [1.29, 1.82) is 0 Å². The zero-order valence-electron chi connectivity index (χ0n) is 11.9. The smallest absolute Gasteiger partial charge is 0.322 e. The molecule has 19 heavy (non-hydrogen) atoms. The van der Waals surface area contributed by atoms with Crippen molar-refractivity contribution < 1.29 is 4.74 Å². The van der Waals surface area contributed by atoms with Gasteiger partial charge in [0.05, 0.1) is 7.11 Å². The van der Waals surface area contributed by atoms with Crippen LogP contribution in [0.3, 0.4) is 0 Å². The third-order valence-corrected chi connectivity index (χ3v) is 3.40. The molecule has 6 nitrogen and oxygen atoms in total. The number of hydrogen-bond acceptors (Lipinski definition) is 6. The first-order chi connectivity index (χ1) is 9.21. The normalized spacial score (nSPS) is 22.9. The number of rotatable bonds is 5. The molecule has 0 aliphatic heterocycles. The summed E-state index contributed by atoms with van der Waals surface area (Å²) in [6.45, 7) is 5.07. The molecular weight excluding hydrogens is 242 g/mol. The lowest BCUT2D eigenvalue weighted by atomic mass is 9.87. The van der Waals surface area contributed by atoms with E-state index in [1.165, 1.54) is 25.7 Å². The van der Waals surface area contributed by atoms with Crippen LogP contribution in [0.25, 0.3) is 0 Å². The van der Waals surface area contributed by atoms with Crippen LogP contribution in [0.2, 0.25) is 0 Å². The molecule has 1 aromatic rings. The van der Waals surface area contributed by atoms with Crippen LogP contribution in [0.1, 0.15) is 39.5 Å². The number of nitrogens with one attached hydrogen (secondary N) is 2. The van der Waals surface area contributed by atoms with Gasteiger partial charge in [-0.1, -0.05) is 19.8 Å². The molecular formula is C13H23N5O. The second-order valence-electron chi connectivity index (χ2n) is 5.11. The van der Waals surface area contributed by atoms with Crippen LogP contribution in [0.4, 0.5) is 11.9 Å². The molecule has 1 aliphatic carbocycles. The van der Waals surface area contributed by atoms with Gasteiger partial charge < -0.3 is 15.4 Å². The Morgan fingerprint density at radius 3 is 2.68 bits per heavy atom. The SMILES string of the molecule is CCNc1nc(NC2CCCC(C)C2)nc(OC)n1. The van der Waals surface area contributed by atoms with Crippen LogP contribution in [-0.2, 0) is 0 Å². The van der Waals surface area contributed by atoms with E-state index in [-0.39, 0.29) is 0 Å². The summed E-state index contributed by atoms with van der Waals surface area (Å²) in [5.74, 6) is 1.92. The van der Waals surface area contributed by atoms with Crippen LogP contribution in [-0.4, -0.2) is 34.6 Å². The molecule has 6 heteroatoms. The lowest BCUT2D eigenvalue weighted by Crippen LogP contribution is -2.27. The summed E-state index contributed by atoms with van der Waals surface area (Å²) in [5.41, 5.74) is 0. The van der Waals surface area contributed by atoms with Gasteiger partial charge in [-0.05, 0) is 25.7 Å². The third kappa shape index (κ3) is 3.94. The Morgan fingerprint density at radius 2 is 2.00 bits per heavy atom. The fourth-order valence-corrected chi connectivity index (χ4v) is 2.50. The summed E-state index contributed by atoms with van der Waals surface area (Å²) in [6.07, 6.45) is 4.93. The van der Waals surface area contributed by atoms with E-state index >= 15 is 0 Å². The fourth-order valence-electron chi connectivity index (χ4n) is 2.50. The van der Waals surface area contributed by atoms with Crippen molar-refractivity contribution in [3.63, 3.8) is 0 Å². The second-order valence-corrected chi connectivity index (χ2v) is 5.11. The summed E-state index contributed by atoms with van der Waals surface area (Å²) < 4.78 is 5.11. The molecule has 1 aromatic heterocycles. The Labute approximate surface area is 114 Å². The molecule has 0 amide bonds. The first kappa shape index (κ1) is 13.8. The van der Waals surface area contributed by atoms with E-state index in [1.54, 1.807) is 7.11 Å². The molecule has 0 radical (unpaired) electrons. The highest BCUT2D eigenvalue weighted by Crippen LogP contribution is 2.25. The van der Waals surface area contributed by atoms with E-state index in [0.717, 1.165) is 12.5 Å². The lowest BCUT2D eigenvalue weighted by Gasteiger charge is -2.27. The van der Waals surface area contributed by atoms with Gasteiger partial charge in [0.15, 0.2) is 0 Å². The van der Waals surface area contributed by atoms with Crippen LogP contribution in [0.5, 0.6) is 6.01 Å². The van der Waals surface area contributed by atoms with Crippen molar-refractivity contribution in [2.24, 2.45) is 5.92 Å². The summed E-state index contributed by atoms with van der Waals surface area (Å²) in [6, 6.07) is 0.794. The van der Waals surface area contributed by atoms with E-state index in [2.05, 4.69) is 32.5 Å². The first-order valence-corrected chi connectivity index (χ1v) is 7.01. The van der Waals surface area contributed by atoms with Crippen LogP contribution in [0, 0.1) is 5.92 Å². The number of methoxy groups -OCH3 is 1. The predicted octanol–water partition coefficient (Wildman–Crippen LogP) is 2.30. The Kier molecular flexibility index (Phi) is 4.76. The van der Waals surface area contributed by atoms with E-state index < -0.39 is 0 Å². The van der Waals surface area contributed by atoms with Crippen LogP contribution >= 0.6 is 0 Å². The first-order valence-electron chi connectivity index (χ1n) is 7.01.